The number of benzene rings is 11. The van der Waals surface area contributed by atoms with Crippen LogP contribution >= 0.6 is 0 Å². The third-order valence-electron chi connectivity index (χ3n) is 32.7. The topological polar surface area (TPSA) is 44.0 Å². The van der Waals surface area contributed by atoms with Crippen LogP contribution in [-0.4, -0.2) is 22.8 Å². The minimum atomic E-state index is 0.570. The molecular formula is C129H151N10+5. The standard InChI is InChI=1S/C28H35N2.C28H29N2.C27H33N2.2C23H27N2/c2*1-21-13-9-12-20-26(21)29-22(2)27(23-14-5-3-6-15-23)30(25-18-7-4-8-19-25)28(29)24-16-10-11-17-24;1-20-12-6-11-19-25(20)28-21(2)26(22-13-7-8-14-22)29(24-17-4-3-5-18-24)27(28)23-15-9-10-16-23;2*1-17-11-7-10-16-22(17)25-19(3)18(2)24(21-14-5-4-6-15-21)23(25)20-12-8-9-13-20/h4,7-9,12-13,18-20,23-24H,3,5-6,10-11,14-17H2,1-2H3;3-9,12-15,18-20,24H,10-11,16-17H2,1-2H3;3-6,11-12,17-19,22-23H,7-10,13-16H2,1-2H3;2*4-7,10-11,14-16,20H,8-9,12-13H2,1-3H3/q5*+1. The van der Waals surface area contributed by atoms with Crippen molar-refractivity contribution in [2.24, 2.45) is 0 Å². The summed E-state index contributed by atoms with van der Waals surface area (Å²) < 4.78 is 25.8. The fraction of sp³-hybridized carbons (Fsp3) is 0.372. The Morgan fingerprint density at radius 2 is 0.360 bits per heavy atom. The number of imidazole rings is 5. The summed E-state index contributed by atoms with van der Waals surface area (Å²) in [6.45, 7) is 27.3. The van der Waals surface area contributed by atoms with Gasteiger partial charge in [0, 0.05) is 65.9 Å². The Morgan fingerprint density at radius 3 is 0.619 bits per heavy atom. The number of aryl methyl sites for hydroxylation is 5. The molecule has 10 heteroatoms. The van der Waals surface area contributed by atoms with Gasteiger partial charge in [-0.2, -0.15) is 45.7 Å². The largest absolute Gasteiger partial charge is 0.270 e. The normalized spacial score (nSPS) is 16.2. The van der Waals surface area contributed by atoms with Gasteiger partial charge in [-0.25, -0.2) is 0 Å². The van der Waals surface area contributed by atoms with Gasteiger partial charge in [0.2, 0.25) is 0 Å². The van der Waals surface area contributed by atoms with Crippen molar-refractivity contribution in [2.45, 2.75) is 311 Å². The molecule has 0 bridgehead atoms. The van der Waals surface area contributed by atoms with Gasteiger partial charge in [-0.05, 0) is 243 Å². The molecule has 7 saturated carbocycles. The summed E-state index contributed by atoms with van der Waals surface area (Å²) in [6.07, 6.45) is 38.6. The average Bonchev–Trinajstić information content (AvgIpc) is 1.58. The third kappa shape index (κ3) is 19.6. The molecule has 0 radical (unpaired) electrons. The summed E-state index contributed by atoms with van der Waals surface area (Å²) in [5.41, 5.74) is 35.2. The zero-order valence-corrected chi connectivity index (χ0v) is 85.4. The maximum absolute atomic E-state index is 2.69. The van der Waals surface area contributed by atoms with E-state index in [0.717, 1.165) is 0 Å². The fourth-order valence-corrected chi connectivity index (χ4v) is 25.7. The Hall–Kier alpha value is -12.5. The van der Waals surface area contributed by atoms with Crippen LogP contribution in [0, 0.1) is 83.1 Å². The van der Waals surface area contributed by atoms with Crippen molar-refractivity contribution in [1.82, 2.24) is 22.8 Å². The lowest BCUT2D eigenvalue weighted by Crippen LogP contribution is -2.39. The van der Waals surface area contributed by atoms with Gasteiger partial charge < -0.3 is 0 Å². The van der Waals surface area contributed by atoms with Crippen LogP contribution in [0.2, 0.25) is 0 Å². The molecule has 0 unspecified atom stereocenters. The quantitative estimate of drug-likeness (QED) is 0.0769. The third-order valence-corrected chi connectivity index (χ3v) is 32.7. The summed E-state index contributed by atoms with van der Waals surface area (Å²) in [4.78, 5) is 0. The first-order chi connectivity index (χ1) is 68.1. The fourth-order valence-electron chi connectivity index (χ4n) is 25.7. The van der Waals surface area contributed by atoms with Crippen molar-refractivity contribution < 1.29 is 22.8 Å². The smallest absolute Gasteiger partial charge is 0.196 e. The predicted octanol–water partition coefficient (Wildman–Crippen LogP) is 31.1. The number of hydrogen-bond acceptors (Lipinski definition) is 0. The Labute approximate surface area is 830 Å². The SMILES string of the molecule is Cc1ccccc1-[n+]1c(C)c(-c2ccccc2)n(-c2ccccc2)c1C1CCCC1.Cc1ccccc1-[n+]1c(C)c(C)n(-c2ccccc2)c1C1CCCC1.Cc1ccccc1-[n+]1c(C)c(C)n(-c2ccccc2)c1C1CCCC1.Cc1ccccc1-[n+]1c(C)c(C2CCCC2)n(-c2ccccc2)c1C1CCCC1.Cc1ccccc1-[n+]1c(C)c(C2CCCCC2)n(-c2ccccc2)c1C1CCCC1. The van der Waals surface area contributed by atoms with E-state index in [4.69, 9.17) is 0 Å². The maximum atomic E-state index is 2.69. The summed E-state index contributed by atoms with van der Waals surface area (Å²) in [7, 11) is 0. The molecule has 11 aromatic carbocycles. The molecule has 139 heavy (non-hydrogen) atoms. The summed E-state index contributed by atoms with van der Waals surface area (Å²) >= 11 is 0. The highest BCUT2D eigenvalue weighted by Crippen LogP contribution is 2.47. The molecule has 0 aliphatic heterocycles. The number of aromatic nitrogens is 10. The Balaban J connectivity index is 0.000000111. The molecule has 16 aromatic rings. The van der Waals surface area contributed by atoms with Gasteiger partial charge in [0.15, 0.2) is 22.8 Å². The Bertz CT molecular complexity index is 6670. The number of rotatable bonds is 18. The lowest BCUT2D eigenvalue weighted by atomic mass is 9.86. The van der Waals surface area contributed by atoms with Crippen molar-refractivity contribution in [1.29, 1.82) is 0 Å². The molecule has 0 amide bonds. The Morgan fingerprint density at radius 1 is 0.173 bits per heavy atom. The van der Waals surface area contributed by atoms with Gasteiger partial charge in [0.25, 0.3) is 29.1 Å². The molecule has 0 N–H and O–H groups in total. The van der Waals surface area contributed by atoms with E-state index in [1.165, 1.54) is 351 Å². The number of para-hydroxylation sites is 10. The van der Waals surface area contributed by atoms with Crippen LogP contribution in [0.4, 0.5) is 0 Å². The van der Waals surface area contributed by atoms with Crippen molar-refractivity contribution in [3.05, 3.63) is 412 Å². The zero-order chi connectivity index (χ0) is 95.6. The average molecular weight is 1840 g/mol. The molecule has 0 spiro atoms. The minimum Gasteiger partial charge on any atom is -0.196 e. The minimum absolute atomic E-state index is 0.570. The van der Waals surface area contributed by atoms with Crippen molar-refractivity contribution in [3.63, 3.8) is 0 Å². The van der Waals surface area contributed by atoms with E-state index in [1.807, 2.05) is 0 Å². The van der Waals surface area contributed by atoms with Gasteiger partial charge in [-0.3, -0.25) is 0 Å². The van der Waals surface area contributed by atoms with Gasteiger partial charge in [0.1, 0.15) is 91.0 Å². The first-order valence-electron chi connectivity index (χ1n) is 53.5. The van der Waals surface area contributed by atoms with Crippen LogP contribution in [0.1, 0.15) is 336 Å². The second-order valence-electron chi connectivity index (χ2n) is 41.6. The van der Waals surface area contributed by atoms with Crippen LogP contribution in [0.25, 0.3) is 68.1 Å². The lowest BCUT2D eigenvalue weighted by Gasteiger charge is -2.21. The second kappa shape index (κ2) is 43.9. The van der Waals surface area contributed by atoms with E-state index in [0.29, 0.717) is 41.4 Å². The van der Waals surface area contributed by atoms with Crippen molar-refractivity contribution >= 4 is 0 Å². The van der Waals surface area contributed by atoms with E-state index < -0.39 is 0 Å². The number of hydrogen-bond donors (Lipinski definition) is 0. The van der Waals surface area contributed by atoms with Crippen molar-refractivity contribution in [2.75, 3.05) is 0 Å². The van der Waals surface area contributed by atoms with Crippen LogP contribution in [0.3, 0.4) is 0 Å². The molecule has 0 saturated heterocycles. The molecule has 712 valence electrons. The summed E-state index contributed by atoms with van der Waals surface area (Å²) in [6, 6.07) is 110. The van der Waals surface area contributed by atoms with E-state index in [9.17, 15) is 0 Å². The highest BCUT2D eigenvalue weighted by Gasteiger charge is 2.46. The maximum Gasteiger partial charge on any atom is 0.270 e. The first-order valence-corrected chi connectivity index (χ1v) is 53.5. The molecule has 5 heterocycles. The first kappa shape index (κ1) is 95.4. The number of nitrogens with zero attached hydrogens (tertiary/aromatic N) is 10. The van der Waals surface area contributed by atoms with Gasteiger partial charge in [-0.15, -0.1) is 0 Å². The molecule has 5 aromatic heterocycles. The van der Waals surface area contributed by atoms with Gasteiger partial charge in [-0.1, -0.05) is 309 Å². The van der Waals surface area contributed by atoms with Gasteiger partial charge in [0.05, 0.1) is 29.6 Å². The lowest BCUT2D eigenvalue weighted by molar-refractivity contribution is -0.612. The molecule has 7 aliphatic carbocycles. The second-order valence-corrected chi connectivity index (χ2v) is 41.6. The predicted molar refractivity (Wildman–Crippen MR) is 572 cm³/mol. The highest BCUT2D eigenvalue weighted by atomic mass is 15.2. The van der Waals surface area contributed by atoms with Crippen LogP contribution in [0.15, 0.2) is 303 Å². The molecule has 7 aliphatic rings. The molecular weight excluding hydrogens is 1690 g/mol. The highest BCUT2D eigenvalue weighted by molar-refractivity contribution is 5.65. The molecule has 7 fully saturated rings. The van der Waals surface area contributed by atoms with E-state index in [-0.39, 0.29) is 0 Å². The van der Waals surface area contributed by atoms with E-state index in [1.54, 1.807) is 11.4 Å². The van der Waals surface area contributed by atoms with E-state index >= 15 is 0 Å². The van der Waals surface area contributed by atoms with Crippen LogP contribution in [-0.2, 0) is 0 Å². The van der Waals surface area contributed by atoms with Crippen LogP contribution < -0.4 is 22.8 Å². The van der Waals surface area contributed by atoms with E-state index in [2.05, 4.69) is 432 Å². The molecule has 0 atom stereocenters. The molecule has 10 nitrogen and oxygen atoms in total. The van der Waals surface area contributed by atoms with Gasteiger partial charge >= 0.3 is 0 Å². The molecule has 23 rings (SSSR count). The van der Waals surface area contributed by atoms with Crippen LogP contribution in [0.5, 0.6) is 0 Å². The summed E-state index contributed by atoms with van der Waals surface area (Å²) in [5, 5.41) is 0. The Kier molecular flexibility index (Phi) is 30.1. The summed E-state index contributed by atoms with van der Waals surface area (Å²) in [5.74, 6) is 11.8. The monoisotopic (exact) mass is 1840 g/mol. The van der Waals surface area contributed by atoms with Crippen molar-refractivity contribution in [3.8, 4) is 68.1 Å². The zero-order valence-electron chi connectivity index (χ0n) is 85.4.